The fourth-order valence-electron chi connectivity index (χ4n) is 3.06. The van der Waals surface area contributed by atoms with Gasteiger partial charge in [-0.2, -0.15) is 0 Å². The predicted molar refractivity (Wildman–Crippen MR) is 93.8 cm³/mol. The molecule has 0 bridgehead atoms. The quantitative estimate of drug-likeness (QED) is 0.782. The number of nitrogens with one attached hydrogen (secondary N) is 2. The Morgan fingerprint density at radius 2 is 1.83 bits per heavy atom. The summed E-state index contributed by atoms with van der Waals surface area (Å²) in [5.74, 6) is 0.843. The van der Waals surface area contributed by atoms with E-state index in [-0.39, 0.29) is 18.2 Å². The average Bonchev–Trinajstić information content (AvgIpc) is 2.75. The van der Waals surface area contributed by atoms with Crippen LogP contribution in [0.3, 0.4) is 0 Å². The van der Waals surface area contributed by atoms with Crippen molar-refractivity contribution in [3.05, 3.63) is 29.8 Å². The highest BCUT2D eigenvalue weighted by Gasteiger charge is 2.16. The number of hydrogen-bond donors (Lipinski definition) is 2. The smallest absolute Gasteiger partial charge is 0.315 e. The van der Waals surface area contributed by atoms with Crippen LogP contribution in [0.1, 0.15) is 70.9 Å². The van der Waals surface area contributed by atoms with Gasteiger partial charge >= 0.3 is 6.03 Å². The Morgan fingerprint density at radius 3 is 2.48 bits per heavy atom. The maximum Gasteiger partial charge on any atom is 0.315 e. The second-order valence-electron chi connectivity index (χ2n) is 6.77. The summed E-state index contributed by atoms with van der Waals surface area (Å²) in [6.45, 7) is 6.02. The van der Waals surface area contributed by atoms with Crippen molar-refractivity contribution in [1.29, 1.82) is 0 Å². The third-order valence-corrected chi connectivity index (χ3v) is 4.27. The average molecular weight is 318 g/mol. The largest absolute Gasteiger partial charge is 0.491 e. The van der Waals surface area contributed by atoms with Crippen LogP contribution in [-0.4, -0.2) is 18.2 Å². The van der Waals surface area contributed by atoms with Crippen molar-refractivity contribution >= 4 is 6.03 Å². The lowest BCUT2D eigenvalue weighted by Crippen LogP contribution is -2.42. The summed E-state index contributed by atoms with van der Waals surface area (Å²) >= 11 is 0. The van der Waals surface area contributed by atoms with Crippen molar-refractivity contribution in [3.8, 4) is 5.75 Å². The third kappa shape index (κ3) is 6.12. The van der Waals surface area contributed by atoms with Gasteiger partial charge in [-0.1, -0.05) is 37.8 Å². The van der Waals surface area contributed by atoms with Crippen LogP contribution in [0.5, 0.6) is 5.75 Å². The van der Waals surface area contributed by atoms with Gasteiger partial charge in [0.15, 0.2) is 0 Å². The van der Waals surface area contributed by atoms with E-state index >= 15 is 0 Å². The Morgan fingerprint density at radius 1 is 1.13 bits per heavy atom. The summed E-state index contributed by atoms with van der Waals surface area (Å²) < 4.78 is 5.72. The van der Waals surface area contributed by atoms with Gasteiger partial charge in [0, 0.05) is 6.04 Å². The Kier molecular flexibility index (Phi) is 6.75. The van der Waals surface area contributed by atoms with Gasteiger partial charge in [-0.15, -0.1) is 0 Å². The molecule has 1 aliphatic carbocycles. The minimum absolute atomic E-state index is 0.0449. The first-order valence-electron chi connectivity index (χ1n) is 8.88. The number of benzene rings is 1. The van der Waals surface area contributed by atoms with Crippen LogP contribution < -0.4 is 15.4 Å². The van der Waals surface area contributed by atoms with Gasteiger partial charge < -0.3 is 15.4 Å². The van der Waals surface area contributed by atoms with E-state index in [1.165, 1.54) is 25.7 Å². The second-order valence-corrected chi connectivity index (χ2v) is 6.77. The molecular formula is C19H30N2O2. The van der Waals surface area contributed by atoms with E-state index < -0.39 is 0 Å². The maximum atomic E-state index is 12.2. The molecule has 1 atom stereocenters. The van der Waals surface area contributed by atoms with Crippen LogP contribution in [0, 0.1) is 0 Å². The van der Waals surface area contributed by atoms with E-state index in [0.717, 1.165) is 24.2 Å². The standard InChI is InChI=1S/C19H30N2O2/c1-14(2)23-18-12-8-9-16(13-18)15(3)20-19(22)21-17-10-6-4-5-7-11-17/h8-9,12-15,17H,4-7,10-11H2,1-3H3,(H2,20,21,22). The molecule has 1 fully saturated rings. The van der Waals surface area contributed by atoms with Crippen molar-refractivity contribution in [2.24, 2.45) is 0 Å². The zero-order chi connectivity index (χ0) is 16.7. The molecule has 4 heteroatoms. The fraction of sp³-hybridized carbons (Fsp3) is 0.632. The van der Waals surface area contributed by atoms with Gasteiger partial charge in [0.2, 0.25) is 0 Å². The van der Waals surface area contributed by atoms with Gasteiger partial charge in [-0.3, -0.25) is 0 Å². The first-order chi connectivity index (χ1) is 11.0. The lowest BCUT2D eigenvalue weighted by Gasteiger charge is -2.20. The summed E-state index contributed by atoms with van der Waals surface area (Å²) in [4.78, 5) is 12.2. The van der Waals surface area contributed by atoms with E-state index in [1.54, 1.807) is 0 Å². The first kappa shape index (κ1) is 17.6. The summed E-state index contributed by atoms with van der Waals surface area (Å²) in [6.07, 6.45) is 7.35. The predicted octanol–water partition coefficient (Wildman–Crippen LogP) is 4.56. The molecule has 0 radical (unpaired) electrons. The highest BCUT2D eigenvalue weighted by atomic mass is 16.5. The van der Waals surface area contributed by atoms with Crippen LogP contribution in [0.2, 0.25) is 0 Å². The molecule has 2 N–H and O–H groups in total. The van der Waals surface area contributed by atoms with E-state index in [0.29, 0.717) is 6.04 Å². The summed E-state index contributed by atoms with van der Waals surface area (Å²) in [5, 5.41) is 6.16. The molecule has 1 aliphatic rings. The topological polar surface area (TPSA) is 50.4 Å². The number of carbonyl (C=O) groups excluding carboxylic acids is 1. The minimum atomic E-state index is -0.0698. The van der Waals surface area contributed by atoms with Crippen LogP contribution in [0.15, 0.2) is 24.3 Å². The molecule has 2 amide bonds. The van der Waals surface area contributed by atoms with E-state index in [2.05, 4.69) is 10.6 Å². The Bertz CT molecular complexity index is 494. The lowest BCUT2D eigenvalue weighted by molar-refractivity contribution is 0.232. The highest BCUT2D eigenvalue weighted by molar-refractivity contribution is 5.74. The molecule has 0 saturated heterocycles. The zero-order valence-electron chi connectivity index (χ0n) is 14.6. The van der Waals surface area contributed by atoms with Gasteiger partial charge in [0.1, 0.15) is 5.75 Å². The minimum Gasteiger partial charge on any atom is -0.491 e. The number of rotatable bonds is 5. The lowest BCUT2D eigenvalue weighted by atomic mass is 10.1. The number of amides is 2. The van der Waals surface area contributed by atoms with Gasteiger partial charge in [0.25, 0.3) is 0 Å². The van der Waals surface area contributed by atoms with Gasteiger partial charge in [-0.05, 0) is 51.3 Å². The Hall–Kier alpha value is -1.71. The Labute approximate surface area is 140 Å². The molecule has 1 aromatic carbocycles. The molecule has 1 unspecified atom stereocenters. The molecule has 2 rings (SSSR count). The zero-order valence-corrected chi connectivity index (χ0v) is 14.6. The van der Waals surface area contributed by atoms with Crippen molar-refractivity contribution in [2.75, 3.05) is 0 Å². The number of carbonyl (C=O) groups is 1. The van der Waals surface area contributed by atoms with Crippen molar-refractivity contribution in [1.82, 2.24) is 10.6 Å². The molecule has 23 heavy (non-hydrogen) atoms. The summed E-state index contributed by atoms with van der Waals surface area (Å²) in [6, 6.07) is 8.13. The van der Waals surface area contributed by atoms with Gasteiger partial charge in [0.05, 0.1) is 12.1 Å². The second kappa shape index (κ2) is 8.80. The normalized spacial score (nSPS) is 17.4. The summed E-state index contributed by atoms with van der Waals surface area (Å²) in [7, 11) is 0. The Balaban J connectivity index is 1.87. The monoisotopic (exact) mass is 318 g/mol. The highest BCUT2D eigenvalue weighted by Crippen LogP contribution is 2.20. The van der Waals surface area contributed by atoms with E-state index in [1.807, 2.05) is 45.0 Å². The van der Waals surface area contributed by atoms with Crippen molar-refractivity contribution < 1.29 is 9.53 Å². The maximum absolute atomic E-state index is 12.2. The van der Waals surface area contributed by atoms with Crippen molar-refractivity contribution in [2.45, 2.75) is 77.5 Å². The van der Waals surface area contributed by atoms with E-state index in [4.69, 9.17) is 4.74 Å². The molecule has 0 heterocycles. The van der Waals surface area contributed by atoms with Crippen LogP contribution in [0.4, 0.5) is 4.79 Å². The SMILES string of the molecule is CC(C)Oc1cccc(C(C)NC(=O)NC2CCCCCC2)c1. The number of ether oxygens (including phenoxy) is 1. The third-order valence-electron chi connectivity index (χ3n) is 4.27. The first-order valence-corrected chi connectivity index (χ1v) is 8.88. The van der Waals surface area contributed by atoms with E-state index in [9.17, 15) is 4.79 Å². The van der Waals surface area contributed by atoms with Gasteiger partial charge in [-0.25, -0.2) is 4.79 Å². The molecule has 1 aromatic rings. The number of urea groups is 1. The molecule has 0 aromatic heterocycles. The molecule has 0 spiro atoms. The van der Waals surface area contributed by atoms with Crippen LogP contribution >= 0.6 is 0 Å². The molecule has 1 saturated carbocycles. The fourth-order valence-corrected chi connectivity index (χ4v) is 3.06. The summed E-state index contributed by atoms with van der Waals surface area (Å²) in [5.41, 5.74) is 1.05. The van der Waals surface area contributed by atoms with Crippen LogP contribution in [0.25, 0.3) is 0 Å². The molecule has 0 aliphatic heterocycles. The van der Waals surface area contributed by atoms with Crippen LogP contribution in [-0.2, 0) is 0 Å². The molecule has 128 valence electrons. The molecule has 4 nitrogen and oxygen atoms in total. The number of hydrogen-bond acceptors (Lipinski definition) is 2. The van der Waals surface area contributed by atoms with Crippen molar-refractivity contribution in [3.63, 3.8) is 0 Å². The molecular weight excluding hydrogens is 288 g/mol.